The first-order valence-electron chi connectivity index (χ1n) is 20.3. The molecule has 0 unspecified atom stereocenters. The number of amides is 4. The SMILES string of the molecule is CC(C)(C)NC(=O)NCCN(Cc1ccccn1)Cc1ccccn1.CC(C)(C)NC(=O)NCCN(Cc1ccccn1)Cc1ccccn1.CS(C)=O.CS(C)=O.O.O.O.O.O=S(=O)([O-])[O-].O=S(=O)([O-])[O-].[Cd+2].[Cd+2].[OH3+].[OH3+]. The van der Waals surface area contributed by atoms with E-state index in [1.165, 1.54) is 0 Å². The monoisotopic (exact) mass is 1370 g/mol. The normalized spacial score (nSPS) is 9.92. The molecule has 4 aromatic rings. The van der Waals surface area contributed by atoms with Crippen molar-refractivity contribution in [3.05, 3.63) is 120 Å². The smallest absolute Gasteiger partial charge is 0.759 e. The summed E-state index contributed by atoms with van der Waals surface area (Å²) in [6.07, 6.45) is 13.7. The van der Waals surface area contributed by atoms with Gasteiger partial charge in [-0.05, 0) is 90.1 Å². The second-order valence-electron chi connectivity index (χ2n) is 16.3. The first kappa shape index (κ1) is 95.1. The Morgan fingerprint density at radius 2 is 0.671 bits per heavy atom. The maximum atomic E-state index is 11.9. The van der Waals surface area contributed by atoms with Crippen molar-refractivity contribution in [2.45, 2.75) is 78.8 Å². The summed E-state index contributed by atoms with van der Waals surface area (Å²) in [6, 6.07) is 23.3. The van der Waals surface area contributed by atoms with Gasteiger partial charge in [0.15, 0.2) is 0 Å². The fourth-order valence-corrected chi connectivity index (χ4v) is 4.74. The van der Waals surface area contributed by atoms with E-state index in [9.17, 15) is 18.0 Å². The Morgan fingerprint density at radius 1 is 0.487 bits per heavy atom. The first-order valence-corrected chi connectivity index (χ1v) is 26.9. The van der Waals surface area contributed by atoms with Crippen LogP contribution in [0, 0.1) is 0 Å². The molecule has 0 aliphatic carbocycles. The van der Waals surface area contributed by atoms with Crippen LogP contribution in [0.15, 0.2) is 97.6 Å². The minimum Gasteiger partial charge on any atom is -0.759 e. The largest absolute Gasteiger partial charge is 2.00 e. The van der Waals surface area contributed by atoms with Gasteiger partial charge < -0.3 is 72.3 Å². The number of hydrogen-bond donors (Lipinski definition) is 4. The summed E-state index contributed by atoms with van der Waals surface area (Å²) in [5.74, 6) is 0. The summed E-state index contributed by atoms with van der Waals surface area (Å²) in [6.45, 7) is 17.1. The maximum Gasteiger partial charge on any atom is 2.00 e. The Morgan fingerprint density at radius 3 is 0.816 bits per heavy atom. The molecule has 4 amide bonds. The van der Waals surface area contributed by atoms with Gasteiger partial charge in [-0.2, -0.15) is 0 Å². The Bertz CT molecular complexity index is 1990. The summed E-state index contributed by atoms with van der Waals surface area (Å²) in [7, 11) is -11.6. The van der Waals surface area contributed by atoms with Crippen molar-refractivity contribution in [3.63, 3.8) is 0 Å². The minimum atomic E-state index is -5.17. The van der Waals surface area contributed by atoms with Crippen molar-refractivity contribution in [3.8, 4) is 0 Å². The van der Waals surface area contributed by atoms with Crippen molar-refractivity contribution < 1.29 is 141 Å². The predicted molar refractivity (Wildman–Crippen MR) is 283 cm³/mol. The Hall–Kier alpha value is -3.30. The molecule has 76 heavy (non-hydrogen) atoms. The molecular formula is C42H80Cd2N10O18S4+2. The quantitative estimate of drug-likeness (QED) is 0.0432. The molecule has 0 aliphatic heterocycles. The Balaban J connectivity index is -0.000000100. The van der Waals surface area contributed by atoms with Gasteiger partial charge in [0, 0.05) is 156 Å². The molecule has 0 aliphatic rings. The topological polar surface area (TPSA) is 527 Å². The molecule has 0 fully saturated rings. The zero-order valence-electron chi connectivity index (χ0n) is 44.7. The van der Waals surface area contributed by atoms with E-state index < -0.39 is 42.4 Å². The summed E-state index contributed by atoms with van der Waals surface area (Å²) < 4.78 is 87.3. The summed E-state index contributed by atoms with van der Waals surface area (Å²) in [5.41, 5.74) is 3.50. The standard InChI is InChI=1S/2C19H27N5O.2C2H6OS.2Cd.2H2O4S.6H2O/c2*1-19(2,3)23-18(25)22-12-13-24(14-16-8-4-6-10-20-16)15-17-9-5-7-11-21-17;2*1-4(2)3;;;2*1-5(2,3)4;;;;;;/h2*4-11H,12-15H2,1-3H3,(H2,22,23,25);2*1-2H3;;;2*(H2,1,2,3,4);6*1H2/q;;;;2*+2;;;;;;;;/p-2. The van der Waals surface area contributed by atoms with Gasteiger partial charge in [0.2, 0.25) is 0 Å². The molecule has 34 heteroatoms. The zero-order chi connectivity index (χ0) is 52.4. The van der Waals surface area contributed by atoms with Gasteiger partial charge in [0.1, 0.15) is 0 Å². The van der Waals surface area contributed by atoms with Crippen molar-refractivity contribution in [2.24, 2.45) is 0 Å². The maximum absolute atomic E-state index is 11.9. The van der Waals surface area contributed by atoms with Gasteiger partial charge in [-0.3, -0.25) is 55.0 Å². The molecule has 0 aromatic carbocycles. The fraction of sp³-hybridized carbons (Fsp3) is 0.476. The molecule has 0 saturated heterocycles. The Kier molecular flexibility index (Phi) is 65.6. The first-order chi connectivity index (χ1) is 31.3. The van der Waals surface area contributed by atoms with Crippen LogP contribution in [0.3, 0.4) is 0 Å². The molecular weight excluding hydrogens is 1290 g/mol. The molecule has 4 rings (SSSR count). The van der Waals surface area contributed by atoms with Crippen molar-refractivity contribution >= 4 is 54.5 Å². The van der Waals surface area contributed by atoms with Gasteiger partial charge in [-0.1, -0.05) is 24.3 Å². The van der Waals surface area contributed by atoms with E-state index in [-0.39, 0.29) is 111 Å². The molecule has 0 saturated carbocycles. The van der Waals surface area contributed by atoms with E-state index in [4.69, 9.17) is 35.0 Å². The zero-order valence-corrected chi connectivity index (χ0v) is 56.0. The van der Waals surface area contributed by atoms with Crippen LogP contribution in [0.5, 0.6) is 0 Å². The second kappa shape index (κ2) is 52.4. The van der Waals surface area contributed by atoms with E-state index in [0.29, 0.717) is 52.4 Å². The predicted octanol–water partition coefficient (Wildman–Crippen LogP) is -2.68. The van der Waals surface area contributed by atoms with E-state index in [0.717, 1.165) is 22.8 Å². The molecule has 432 valence electrons. The third-order valence-corrected chi connectivity index (χ3v) is 6.85. The second-order valence-corrected chi connectivity index (χ2v) is 20.9. The third-order valence-electron chi connectivity index (χ3n) is 6.85. The number of nitrogens with one attached hydrogen (secondary N) is 4. The Labute approximate surface area is 492 Å². The van der Waals surface area contributed by atoms with Crippen LogP contribution in [0.1, 0.15) is 64.3 Å². The number of urea groups is 2. The number of aromatic nitrogens is 4. The van der Waals surface area contributed by atoms with Gasteiger partial charge in [-0.15, -0.1) is 0 Å². The molecule has 0 spiro atoms. The van der Waals surface area contributed by atoms with E-state index in [1.807, 2.05) is 114 Å². The van der Waals surface area contributed by atoms with Gasteiger partial charge in [0.05, 0.1) is 22.8 Å². The molecule has 0 bridgehead atoms. The number of carbonyl (C=O) groups is 2. The average molecular weight is 1370 g/mol. The van der Waals surface area contributed by atoms with Gasteiger partial charge in [0.25, 0.3) is 0 Å². The van der Waals surface area contributed by atoms with Crippen molar-refractivity contribution in [1.29, 1.82) is 0 Å². The fourth-order valence-electron chi connectivity index (χ4n) is 4.74. The molecule has 18 N–H and O–H groups in total. The third kappa shape index (κ3) is 77.2. The number of nitrogens with zero attached hydrogens (tertiary/aromatic N) is 6. The molecule has 4 aromatic heterocycles. The molecule has 28 nitrogen and oxygen atoms in total. The van der Waals surface area contributed by atoms with Crippen LogP contribution in [0.4, 0.5) is 9.59 Å². The number of hydrogen-bond acceptors (Lipinski definition) is 18. The number of pyridine rings is 4. The van der Waals surface area contributed by atoms with Crippen molar-refractivity contribution in [2.75, 3.05) is 51.2 Å². The van der Waals surface area contributed by atoms with Crippen LogP contribution in [0.25, 0.3) is 0 Å². The van der Waals surface area contributed by atoms with Crippen LogP contribution >= 0.6 is 0 Å². The van der Waals surface area contributed by atoms with Crippen LogP contribution in [0.2, 0.25) is 0 Å². The van der Waals surface area contributed by atoms with Gasteiger partial charge in [-0.25, -0.2) is 9.59 Å². The molecule has 0 radical (unpaired) electrons. The van der Waals surface area contributed by atoms with E-state index in [1.54, 1.807) is 49.8 Å². The van der Waals surface area contributed by atoms with Crippen molar-refractivity contribution in [1.82, 2.24) is 51.0 Å². The van der Waals surface area contributed by atoms with E-state index in [2.05, 4.69) is 51.0 Å². The van der Waals surface area contributed by atoms with Crippen LogP contribution < -0.4 is 21.3 Å². The van der Waals surface area contributed by atoms with Crippen LogP contribution in [-0.4, -0.2) is 169 Å². The van der Waals surface area contributed by atoms with E-state index >= 15 is 0 Å². The molecule has 4 heterocycles. The number of rotatable bonds is 14. The van der Waals surface area contributed by atoms with Gasteiger partial charge >= 0.3 is 66.7 Å². The van der Waals surface area contributed by atoms with Crippen LogP contribution in [-0.2, 0) is 134 Å². The average Bonchev–Trinajstić information content (AvgIpc) is 3.17. The summed E-state index contributed by atoms with van der Waals surface area (Å²) in [4.78, 5) is 45.8. The minimum absolute atomic E-state index is 0. The molecule has 0 atom stereocenters. The number of carbonyl (C=O) groups excluding carboxylic acids is 2. The summed E-state index contributed by atoms with van der Waals surface area (Å²) in [5, 5.41) is 11.6. The summed E-state index contributed by atoms with van der Waals surface area (Å²) >= 11 is 0.